The van der Waals surface area contributed by atoms with Crippen LogP contribution < -0.4 is 10.6 Å². The summed E-state index contributed by atoms with van der Waals surface area (Å²) in [5.74, 6) is -0.845. The zero-order valence-corrected chi connectivity index (χ0v) is 8.58. The van der Waals surface area contributed by atoms with Crippen LogP contribution in [0.15, 0.2) is 16.8 Å². The van der Waals surface area contributed by atoms with Gasteiger partial charge in [0.15, 0.2) is 5.76 Å². The number of rotatable bonds is 6. The molecule has 80 valence electrons. The SMILES string of the molecule is CCCNC/C=C(\O)C(=O)NC=NC. The Morgan fingerprint density at radius 2 is 2.29 bits per heavy atom. The van der Waals surface area contributed by atoms with Crippen molar-refractivity contribution in [2.24, 2.45) is 4.99 Å². The van der Waals surface area contributed by atoms with E-state index in [1.807, 2.05) is 6.92 Å². The van der Waals surface area contributed by atoms with Crippen LogP contribution in [-0.4, -0.2) is 37.5 Å². The van der Waals surface area contributed by atoms with Crippen molar-refractivity contribution in [2.45, 2.75) is 13.3 Å². The monoisotopic (exact) mass is 199 g/mol. The molecule has 0 radical (unpaired) electrons. The second-order valence-electron chi connectivity index (χ2n) is 2.65. The molecule has 5 heteroatoms. The second kappa shape index (κ2) is 8.25. The highest BCUT2D eigenvalue weighted by Gasteiger charge is 2.03. The van der Waals surface area contributed by atoms with Crippen molar-refractivity contribution in [3.63, 3.8) is 0 Å². The van der Waals surface area contributed by atoms with E-state index in [2.05, 4.69) is 15.6 Å². The van der Waals surface area contributed by atoms with Crippen LogP contribution in [0.25, 0.3) is 0 Å². The van der Waals surface area contributed by atoms with Gasteiger partial charge in [-0.3, -0.25) is 9.79 Å². The molecular formula is C9H17N3O2. The van der Waals surface area contributed by atoms with Crippen molar-refractivity contribution in [3.8, 4) is 0 Å². The molecule has 0 aliphatic heterocycles. The minimum Gasteiger partial charge on any atom is -0.503 e. The molecule has 0 saturated heterocycles. The number of carbonyl (C=O) groups excluding carboxylic acids is 1. The molecule has 0 unspecified atom stereocenters. The van der Waals surface area contributed by atoms with Gasteiger partial charge < -0.3 is 15.7 Å². The largest absolute Gasteiger partial charge is 0.503 e. The molecule has 0 atom stereocenters. The van der Waals surface area contributed by atoms with E-state index in [1.165, 1.54) is 19.5 Å². The number of aliphatic imine (C=N–C) groups is 1. The zero-order chi connectivity index (χ0) is 10.8. The smallest absolute Gasteiger partial charge is 0.290 e. The number of hydrogen-bond acceptors (Lipinski definition) is 4. The van der Waals surface area contributed by atoms with Crippen LogP contribution in [0.3, 0.4) is 0 Å². The van der Waals surface area contributed by atoms with Crippen molar-refractivity contribution < 1.29 is 9.90 Å². The molecule has 0 aliphatic rings. The predicted molar refractivity (Wildman–Crippen MR) is 56.4 cm³/mol. The van der Waals surface area contributed by atoms with Crippen LogP contribution in [0, 0.1) is 0 Å². The standard InChI is InChI=1S/C9H17N3O2/c1-3-5-11-6-4-8(13)9(14)12-7-10-2/h4,7,11,13H,3,5-6H2,1-2H3,(H,10,12,14)/b8-4-. The maximum atomic E-state index is 11.0. The van der Waals surface area contributed by atoms with Crippen molar-refractivity contribution in [1.29, 1.82) is 0 Å². The van der Waals surface area contributed by atoms with E-state index in [-0.39, 0.29) is 5.76 Å². The van der Waals surface area contributed by atoms with Crippen molar-refractivity contribution in [2.75, 3.05) is 20.1 Å². The lowest BCUT2D eigenvalue weighted by Crippen LogP contribution is -2.24. The van der Waals surface area contributed by atoms with Crippen LogP contribution >= 0.6 is 0 Å². The highest BCUT2D eigenvalue weighted by atomic mass is 16.3. The van der Waals surface area contributed by atoms with E-state index < -0.39 is 5.91 Å². The van der Waals surface area contributed by atoms with E-state index in [9.17, 15) is 9.90 Å². The fourth-order valence-electron chi connectivity index (χ4n) is 0.737. The summed E-state index contributed by atoms with van der Waals surface area (Å²) in [4.78, 5) is 14.6. The Morgan fingerprint density at radius 1 is 1.57 bits per heavy atom. The maximum Gasteiger partial charge on any atom is 0.290 e. The lowest BCUT2D eigenvalue weighted by atomic mass is 10.4. The highest BCUT2D eigenvalue weighted by Crippen LogP contribution is 1.85. The van der Waals surface area contributed by atoms with Crippen LogP contribution in [0.4, 0.5) is 0 Å². The molecule has 3 N–H and O–H groups in total. The number of nitrogens with one attached hydrogen (secondary N) is 2. The minimum absolute atomic E-state index is 0.298. The number of hydrogen-bond donors (Lipinski definition) is 3. The average molecular weight is 199 g/mol. The third kappa shape index (κ3) is 6.19. The Morgan fingerprint density at radius 3 is 2.86 bits per heavy atom. The lowest BCUT2D eigenvalue weighted by Gasteiger charge is -1.99. The molecule has 0 heterocycles. The molecule has 0 saturated carbocycles. The first-order valence-corrected chi connectivity index (χ1v) is 4.53. The normalized spacial score (nSPS) is 12.0. The number of aliphatic hydroxyl groups is 1. The zero-order valence-electron chi connectivity index (χ0n) is 8.58. The van der Waals surface area contributed by atoms with Gasteiger partial charge in [-0.25, -0.2) is 0 Å². The summed E-state index contributed by atoms with van der Waals surface area (Å²) >= 11 is 0. The summed E-state index contributed by atoms with van der Waals surface area (Å²) in [7, 11) is 1.53. The van der Waals surface area contributed by atoms with Crippen molar-refractivity contribution in [1.82, 2.24) is 10.6 Å². The lowest BCUT2D eigenvalue weighted by molar-refractivity contribution is -0.118. The van der Waals surface area contributed by atoms with Crippen LogP contribution in [-0.2, 0) is 4.79 Å². The van der Waals surface area contributed by atoms with Crippen LogP contribution in [0.2, 0.25) is 0 Å². The Hall–Kier alpha value is -1.36. The molecule has 14 heavy (non-hydrogen) atoms. The quantitative estimate of drug-likeness (QED) is 0.188. The summed E-state index contributed by atoms with van der Waals surface area (Å²) in [5, 5.41) is 14.5. The summed E-state index contributed by atoms with van der Waals surface area (Å²) in [6.45, 7) is 3.39. The summed E-state index contributed by atoms with van der Waals surface area (Å²) < 4.78 is 0. The molecule has 0 rings (SSSR count). The molecule has 0 aromatic carbocycles. The Balaban J connectivity index is 3.79. The van der Waals surface area contributed by atoms with Crippen LogP contribution in [0.1, 0.15) is 13.3 Å². The summed E-state index contributed by atoms with van der Waals surface area (Å²) in [6, 6.07) is 0. The average Bonchev–Trinajstić information content (AvgIpc) is 2.20. The van der Waals surface area contributed by atoms with Crippen LogP contribution in [0.5, 0.6) is 0 Å². The van der Waals surface area contributed by atoms with Gasteiger partial charge in [0.2, 0.25) is 0 Å². The van der Waals surface area contributed by atoms with Gasteiger partial charge in [0.05, 0.1) is 6.34 Å². The van der Waals surface area contributed by atoms with Gasteiger partial charge in [-0.2, -0.15) is 0 Å². The van der Waals surface area contributed by atoms with Gasteiger partial charge in [-0.15, -0.1) is 0 Å². The molecule has 0 bridgehead atoms. The topological polar surface area (TPSA) is 73.7 Å². The van der Waals surface area contributed by atoms with Gasteiger partial charge in [-0.05, 0) is 19.0 Å². The molecule has 5 nitrogen and oxygen atoms in total. The van der Waals surface area contributed by atoms with E-state index in [1.54, 1.807) is 0 Å². The number of nitrogens with zero attached hydrogens (tertiary/aromatic N) is 1. The first-order valence-electron chi connectivity index (χ1n) is 4.53. The number of carbonyl (C=O) groups is 1. The fraction of sp³-hybridized carbons (Fsp3) is 0.556. The van der Waals surface area contributed by atoms with E-state index >= 15 is 0 Å². The third-order valence-corrected chi connectivity index (χ3v) is 1.42. The molecule has 1 amide bonds. The predicted octanol–water partition coefficient (Wildman–Crippen LogP) is 0.202. The van der Waals surface area contributed by atoms with E-state index in [0.717, 1.165) is 13.0 Å². The summed E-state index contributed by atoms with van der Waals surface area (Å²) in [6.07, 6.45) is 3.67. The first-order chi connectivity index (χ1) is 6.72. The highest BCUT2D eigenvalue weighted by molar-refractivity contribution is 5.98. The molecule has 0 spiro atoms. The van der Waals surface area contributed by atoms with Gasteiger partial charge in [0.25, 0.3) is 5.91 Å². The first kappa shape index (κ1) is 12.6. The Bertz CT molecular complexity index is 224. The second-order valence-corrected chi connectivity index (χ2v) is 2.65. The van der Waals surface area contributed by atoms with Gasteiger partial charge >= 0.3 is 0 Å². The van der Waals surface area contributed by atoms with Gasteiger partial charge in [0, 0.05) is 13.6 Å². The van der Waals surface area contributed by atoms with E-state index in [4.69, 9.17) is 0 Å². The number of aliphatic hydroxyl groups excluding tert-OH is 1. The van der Waals surface area contributed by atoms with Gasteiger partial charge in [-0.1, -0.05) is 6.92 Å². The molecule has 0 fully saturated rings. The molecular weight excluding hydrogens is 182 g/mol. The Kier molecular flexibility index (Phi) is 7.45. The minimum atomic E-state index is -0.547. The third-order valence-electron chi connectivity index (χ3n) is 1.42. The molecule has 0 aliphatic carbocycles. The molecule has 0 aromatic rings. The van der Waals surface area contributed by atoms with E-state index in [0.29, 0.717) is 6.54 Å². The van der Waals surface area contributed by atoms with Crippen molar-refractivity contribution in [3.05, 3.63) is 11.8 Å². The summed E-state index contributed by atoms with van der Waals surface area (Å²) in [5.41, 5.74) is 0. The maximum absolute atomic E-state index is 11.0. The van der Waals surface area contributed by atoms with Gasteiger partial charge in [0.1, 0.15) is 0 Å². The Labute approximate surface area is 83.9 Å². The molecule has 0 aromatic heterocycles. The fourth-order valence-corrected chi connectivity index (χ4v) is 0.737. The van der Waals surface area contributed by atoms with Crippen molar-refractivity contribution >= 4 is 12.2 Å². The number of amides is 1.